The van der Waals surface area contributed by atoms with Crippen molar-refractivity contribution in [3.63, 3.8) is 0 Å². The maximum Gasteiger partial charge on any atom is 0.270 e. The van der Waals surface area contributed by atoms with Crippen LogP contribution in [0.1, 0.15) is 16.5 Å². The van der Waals surface area contributed by atoms with Gasteiger partial charge in [0.15, 0.2) is 0 Å². The lowest BCUT2D eigenvalue weighted by atomic mass is 10.2. The van der Waals surface area contributed by atoms with E-state index >= 15 is 0 Å². The Bertz CT molecular complexity index is 959. The molecule has 1 atom stereocenters. The predicted octanol–water partition coefficient (Wildman–Crippen LogP) is 3.41. The molecule has 0 amide bonds. The van der Waals surface area contributed by atoms with Gasteiger partial charge in [-0.3, -0.25) is 10.1 Å². The monoisotopic (exact) mass is 407 g/mol. The number of hydrogen-bond donors (Lipinski definition) is 0. The van der Waals surface area contributed by atoms with Crippen LogP contribution in [0.3, 0.4) is 0 Å². The first-order valence-corrected chi connectivity index (χ1v) is 10.9. The number of hydrogen-bond acceptors (Lipinski definition) is 6. The van der Waals surface area contributed by atoms with Crippen molar-refractivity contribution in [2.75, 3.05) is 31.3 Å². The third kappa shape index (κ3) is 3.80. The number of anilines is 1. The number of thioether (sulfide) groups is 1. The standard InChI is InChI=1S/C18H21N3O4S2/c1-13-4-7-16(21(22)23)12-17(13)27(24,25)20-10-11-26-18(20)14-5-8-15(9-6-14)19(2)3/h4-9,12,18H,10-11H2,1-3H3. The molecule has 27 heavy (non-hydrogen) atoms. The number of aryl methyl sites for hydroxylation is 1. The van der Waals surface area contributed by atoms with E-state index in [1.54, 1.807) is 18.7 Å². The molecule has 1 saturated heterocycles. The molecule has 0 N–H and O–H groups in total. The maximum atomic E-state index is 13.3. The Hall–Kier alpha value is -2.10. The van der Waals surface area contributed by atoms with Gasteiger partial charge < -0.3 is 4.90 Å². The molecule has 0 saturated carbocycles. The first-order chi connectivity index (χ1) is 12.7. The summed E-state index contributed by atoms with van der Waals surface area (Å²) in [6.07, 6.45) is 0. The second-order valence-electron chi connectivity index (χ2n) is 6.53. The molecule has 0 spiro atoms. The van der Waals surface area contributed by atoms with E-state index in [0.29, 0.717) is 17.9 Å². The SMILES string of the molecule is Cc1ccc([N+](=O)[O-])cc1S(=O)(=O)N1CCSC1c1ccc(N(C)C)cc1. The summed E-state index contributed by atoms with van der Waals surface area (Å²) in [5.41, 5.74) is 2.21. The van der Waals surface area contributed by atoms with Crippen LogP contribution in [0, 0.1) is 17.0 Å². The lowest BCUT2D eigenvalue weighted by Crippen LogP contribution is -2.31. The zero-order chi connectivity index (χ0) is 19.8. The van der Waals surface area contributed by atoms with E-state index in [4.69, 9.17) is 0 Å². The zero-order valence-corrected chi connectivity index (χ0v) is 17.0. The highest BCUT2D eigenvalue weighted by Crippen LogP contribution is 2.42. The zero-order valence-electron chi connectivity index (χ0n) is 15.3. The second-order valence-corrected chi connectivity index (χ2v) is 9.58. The van der Waals surface area contributed by atoms with Crippen LogP contribution in [0.25, 0.3) is 0 Å². The van der Waals surface area contributed by atoms with Gasteiger partial charge in [-0.2, -0.15) is 4.31 Å². The Labute approximate surface area is 163 Å². The summed E-state index contributed by atoms with van der Waals surface area (Å²) in [7, 11) is 0.0397. The number of nitro groups is 1. The average molecular weight is 408 g/mol. The van der Waals surface area contributed by atoms with E-state index in [1.807, 2.05) is 43.3 Å². The average Bonchev–Trinajstić information content (AvgIpc) is 3.12. The van der Waals surface area contributed by atoms with Crippen molar-refractivity contribution in [3.05, 3.63) is 63.7 Å². The van der Waals surface area contributed by atoms with Gasteiger partial charge in [0, 0.05) is 44.2 Å². The minimum absolute atomic E-state index is 0.00545. The lowest BCUT2D eigenvalue weighted by Gasteiger charge is -2.24. The van der Waals surface area contributed by atoms with E-state index < -0.39 is 14.9 Å². The van der Waals surface area contributed by atoms with Crippen LogP contribution in [0.4, 0.5) is 11.4 Å². The van der Waals surface area contributed by atoms with Crippen molar-refractivity contribution >= 4 is 33.2 Å². The molecular formula is C18H21N3O4S2. The highest BCUT2D eigenvalue weighted by Gasteiger charge is 2.38. The predicted molar refractivity (Wildman–Crippen MR) is 108 cm³/mol. The van der Waals surface area contributed by atoms with E-state index in [-0.39, 0.29) is 16.0 Å². The molecule has 1 aliphatic heterocycles. The van der Waals surface area contributed by atoms with E-state index in [2.05, 4.69) is 0 Å². The molecule has 2 aromatic rings. The Balaban J connectivity index is 1.98. The number of rotatable bonds is 5. The van der Waals surface area contributed by atoms with Crippen molar-refractivity contribution in [3.8, 4) is 0 Å². The molecule has 7 nitrogen and oxygen atoms in total. The normalized spacial score (nSPS) is 17.8. The molecule has 1 heterocycles. The van der Waals surface area contributed by atoms with Gasteiger partial charge in [0.1, 0.15) is 0 Å². The Kier molecular flexibility index (Phi) is 5.45. The van der Waals surface area contributed by atoms with Gasteiger partial charge in [-0.05, 0) is 30.2 Å². The van der Waals surface area contributed by atoms with Gasteiger partial charge in [-0.25, -0.2) is 8.42 Å². The van der Waals surface area contributed by atoms with Crippen molar-refractivity contribution in [1.29, 1.82) is 0 Å². The first kappa shape index (κ1) is 19.7. The second kappa shape index (κ2) is 7.49. The van der Waals surface area contributed by atoms with Gasteiger partial charge in [-0.15, -0.1) is 11.8 Å². The minimum atomic E-state index is -3.85. The third-order valence-electron chi connectivity index (χ3n) is 4.51. The molecule has 0 bridgehead atoms. The molecule has 0 aromatic heterocycles. The molecule has 144 valence electrons. The van der Waals surface area contributed by atoms with Crippen LogP contribution in [-0.4, -0.2) is 44.0 Å². The Morgan fingerprint density at radius 1 is 1.19 bits per heavy atom. The van der Waals surface area contributed by atoms with Crippen LogP contribution in [0.2, 0.25) is 0 Å². The van der Waals surface area contributed by atoms with E-state index in [9.17, 15) is 18.5 Å². The van der Waals surface area contributed by atoms with Crippen molar-refractivity contribution in [2.24, 2.45) is 0 Å². The summed E-state index contributed by atoms with van der Waals surface area (Å²) < 4.78 is 28.0. The largest absolute Gasteiger partial charge is 0.378 e. The third-order valence-corrected chi connectivity index (χ3v) is 7.91. The van der Waals surface area contributed by atoms with Gasteiger partial charge in [0.05, 0.1) is 15.2 Å². The molecule has 1 unspecified atom stereocenters. The highest BCUT2D eigenvalue weighted by atomic mass is 32.2. The fourth-order valence-corrected chi connectivity index (χ4v) is 6.49. The minimum Gasteiger partial charge on any atom is -0.378 e. The van der Waals surface area contributed by atoms with Crippen LogP contribution in [-0.2, 0) is 10.0 Å². The van der Waals surface area contributed by atoms with Crippen molar-refractivity contribution in [1.82, 2.24) is 4.31 Å². The number of non-ortho nitro benzene ring substituents is 1. The lowest BCUT2D eigenvalue weighted by molar-refractivity contribution is -0.385. The summed E-state index contributed by atoms with van der Waals surface area (Å²) in [6, 6.07) is 11.7. The van der Waals surface area contributed by atoms with Crippen molar-refractivity contribution in [2.45, 2.75) is 17.2 Å². The van der Waals surface area contributed by atoms with E-state index in [1.165, 1.54) is 16.4 Å². The highest BCUT2D eigenvalue weighted by molar-refractivity contribution is 8.01. The van der Waals surface area contributed by atoms with Crippen LogP contribution in [0.5, 0.6) is 0 Å². The number of nitro benzene ring substituents is 1. The molecule has 9 heteroatoms. The smallest absolute Gasteiger partial charge is 0.270 e. The fraction of sp³-hybridized carbons (Fsp3) is 0.333. The van der Waals surface area contributed by atoms with Crippen LogP contribution < -0.4 is 4.90 Å². The molecule has 1 fully saturated rings. The molecule has 3 rings (SSSR count). The van der Waals surface area contributed by atoms with Gasteiger partial charge in [0.2, 0.25) is 10.0 Å². The Morgan fingerprint density at radius 3 is 2.44 bits per heavy atom. The summed E-state index contributed by atoms with van der Waals surface area (Å²) >= 11 is 1.56. The molecular weight excluding hydrogens is 386 g/mol. The topological polar surface area (TPSA) is 83.8 Å². The number of nitrogens with zero attached hydrogens (tertiary/aromatic N) is 3. The molecule has 1 aliphatic rings. The Morgan fingerprint density at radius 2 is 1.85 bits per heavy atom. The summed E-state index contributed by atoms with van der Waals surface area (Å²) in [5.74, 6) is 0.674. The number of sulfonamides is 1. The summed E-state index contributed by atoms with van der Waals surface area (Å²) in [4.78, 5) is 12.5. The van der Waals surface area contributed by atoms with Crippen LogP contribution in [0.15, 0.2) is 47.4 Å². The van der Waals surface area contributed by atoms with E-state index in [0.717, 1.165) is 17.3 Å². The number of benzene rings is 2. The summed E-state index contributed by atoms with van der Waals surface area (Å²) in [5, 5.41) is 10.7. The maximum absolute atomic E-state index is 13.3. The fourth-order valence-electron chi connectivity index (χ4n) is 3.01. The summed E-state index contributed by atoms with van der Waals surface area (Å²) in [6.45, 7) is 2.02. The first-order valence-electron chi connectivity index (χ1n) is 8.37. The van der Waals surface area contributed by atoms with Crippen LogP contribution >= 0.6 is 11.8 Å². The molecule has 2 aromatic carbocycles. The molecule has 0 radical (unpaired) electrons. The molecule has 0 aliphatic carbocycles. The van der Waals surface area contributed by atoms with Gasteiger partial charge >= 0.3 is 0 Å². The van der Waals surface area contributed by atoms with Gasteiger partial charge in [0.25, 0.3) is 5.69 Å². The van der Waals surface area contributed by atoms with Gasteiger partial charge in [-0.1, -0.05) is 18.2 Å². The quantitative estimate of drug-likeness (QED) is 0.558. The van der Waals surface area contributed by atoms with Crippen molar-refractivity contribution < 1.29 is 13.3 Å².